The lowest BCUT2D eigenvalue weighted by Gasteiger charge is -2.01. The van der Waals surface area contributed by atoms with Crippen LogP contribution in [0.1, 0.15) is 5.69 Å². The average molecular weight is 202 g/mol. The molecule has 0 fully saturated rings. The predicted molar refractivity (Wildman–Crippen MR) is 53.8 cm³/mol. The van der Waals surface area contributed by atoms with Crippen LogP contribution in [0.5, 0.6) is 0 Å². The Morgan fingerprint density at radius 1 is 1.47 bits per heavy atom. The number of fused-ring (bicyclic) bond motifs is 1. The van der Waals surface area contributed by atoms with Crippen molar-refractivity contribution in [3.63, 3.8) is 0 Å². The van der Waals surface area contributed by atoms with E-state index < -0.39 is 5.82 Å². The Bertz CT molecular complexity index is 610. The second kappa shape index (κ2) is 3.54. The van der Waals surface area contributed by atoms with Crippen molar-refractivity contribution in [2.75, 3.05) is 0 Å². The molecule has 0 amide bonds. The van der Waals surface area contributed by atoms with Gasteiger partial charge in [-0.2, -0.15) is 5.26 Å². The van der Waals surface area contributed by atoms with Crippen molar-refractivity contribution in [3.8, 4) is 6.07 Å². The first-order chi connectivity index (χ1) is 7.22. The van der Waals surface area contributed by atoms with Crippen molar-refractivity contribution in [1.82, 2.24) is 4.98 Å². The third-order valence-corrected chi connectivity index (χ3v) is 2.14. The molecular weight excluding hydrogens is 195 g/mol. The molecule has 1 aromatic heterocycles. The van der Waals surface area contributed by atoms with Gasteiger partial charge in [-0.25, -0.2) is 4.39 Å². The Morgan fingerprint density at radius 3 is 3.00 bits per heavy atom. The van der Waals surface area contributed by atoms with E-state index in [1.807, 2.05) is 6.07 Å². The molecule has 4 heteroatoms. The SMILES string of the molecule is N#CCc1cc(=O)c2cccc(F)c2[nH]1. The van der Waals surface area contributed by atoms with Gasteiger partial charge in [-0.1, -0.05) is 6.07 Å². The third-order valence-electron chi connectivity index (χ3n) is 2.14. The molecule has 0 aliphatic rings. The molecule has 1 N–H and O–H groups in total. The lowest BCUT2D eigenvalue weighted by atomic mass is 10.1. The molecule has 0 radical (unpaired) electrons. The van der Waals surface area contributed by atoms with E-state index in [2.05, 4.69) is 4.98 Å². The standard InChI is InChI=1S/C11H7FN2O/c12-9-3-1-2-8-10(15)6-7(4-5-13)14-11(8)9/h1-3,6H,4H2,(H,14,15). The van der Waals surface area contributed by atoms with Gasteiger partial charge in [0.15, 0.2) is 5.43 Å². The van der Waals surface area contributed by atoms with Gasteiger partial charge >= 0.3 is 0 Å². The minimum atomic E-state index is -0.482. The third kappa shape index (κ3) is 1.59. The number of nitrogens with zero attached hydrogens (tertiary/aromatic N) is 1. The van der Waals surface area contributed by atoms with Crippen molar-refractivity contribution in [1.29, 1.82) is 5.26 Å². The Labute approximate surface area is 84.8 Å². The Hall–Kier alpha value is -2.15. The van der Waals surface area contributed by atoms with E-state index in [0.717, 1.165) is 0 Å². The molecule has 1 aromatic carbocycles. The Balaban J connectivity index is 2.81. The van der Waals surface area contributed by atoms with E-state index >= 15 is 0 Å². The molecular formula is C11H7FN2O. The highest BCUT2D eigenvalue weighted by atomic mass is 19.1. The number of benzene rings is 1. The van der Waals surface area contributed by atoms with E-state index in [1.54, 1.807) is 6.07 Å². The van der Waals surface area contributed by atoms with Crippen molar-refractivity contribution < 1.29 is 4.39 Å². The summed E-state index contributed by atoms with van der Waals surface area (Å²) in [6.07, 6.45) is 0.0690. The number of halogens is 1. The minimum Gasteiger partial charge on any atom is -0.355 e. The molecule has 15 heavy (non-hydrogen) atoms. The smallest absolute Gasteiger partial charge is 0.189 e. The summed E-state index contributed by atoms with van der Waals surface area (Å²) in [7, 11) is 0. The van der Waals surface area contributed by atoms with Gasteiger partial charge in [0.05, 0.1) is 18.0 Å². The first-order valence-corrected chi connectivity index (χ1v) is 4.40. The Morgan fingerprint density at radius 2 is 2.27 bits per heavy atom. The summed E-state index contributed by atoms with van der Waals surface area (Å²) in [5, 5.41) is 8.79. The number of hydrogen-bond donors (Lipinski definition) is 1. The summed E-state index contributed by atoms with van der Waals surface area (Å²) < 4.78 is 13.3. The summed E-state index contributed by atoms with van der Waals surface area (Å²) in [5.41, 5.74) is 0.323. The topological polar surface area (TPSA) is 56.6 Å². The van der Waals surface area contributed by atoms with E-state index in [9.17, 15) is 9.18 Å². The Kier molecular flexibility index (Phi) is 2.22. The monoisotopic (exact) mass is 202 g/mol. The highest BCUT2D eigenvalue weighted by molar-refractivity contribution is 5.78. The molecule has 0 aliphatic carbocycles. The van der Waals surface area contributed by atoms with Gasteiger partial charge in [0.2, 0.25) is 0 Å². The highest BCUT2D eigenvalue weighted by Gasteiger charge is 2.05. The quantitative estimate of drug-likeness (QED) is 0.765. The van der Waals surface area contributed by atoms with E-state index in [0.29, 0.717) is 11.1 Å². The fourth-order valence-electron chi connectivity index (χ4n) is 1.47. The predicted octanol–water partition coefficient (Wildman–Crippen LogP) is 1.73. The number of para-hydroxylation sites is 1. The molecule has 0 saturated heterocycles. The number of H-pyrrole nitrogens is 1. The molecule has 0 bridgehead atoms. The second-order valence-corrected chi connectivity index (χ2v) is 3.16. The van der Waals surface area contributed by atoms with E-state index in [1.165, 1.54) is 18.2 Å². The zero-order chi connectivity index (χ0) is 10.8. The van der Waals surface area contributed by atoms with Crippen molar-refractivity contribution >= 4 is 10.9 Å². The fraction of sp³-hybridized carbons (Fsp3) is 0.0909. The zero-order valence-electron chi connectivity index (χ0n) is 7.75. The minimum absolute atomic E-state index is 0.0690. The summed E-state index contributed by atoms with van der Waals surface area (Å²) in [6, 6.07) is 7.53. The van der Waals surface area contributed by atoms with Crippen LogP contribution in [0.2, 0.25) is 0 Å². The number of pyridine rings is 1. The number of nitriles is 1. The zero-order valence-corrected chi connectivity index (χ0v) is 7.75. The van der Waals surface area contributed by atoms with Crippen LogP contribution in [-0.2, 0) is 6.42 Å². The van der Waals surface area contributed by atoms with Crippen LogP contribution in [0, 0.1) is 17.1 Å². The molecule has 2 aromatic rings. The summed E-state index contributed by atoms with van der Waals surface area (Å²) in [6.45, 7) is 0. The van der Waals surface area contributed by atoms with Crippen LogP contribution in [-0.4, -0.2) is 4.98 Å². The normalized spacial score (nSPS) is 10.1. The van der Waals surface area contributed by atoms with E-state index in [-0.39, 0.29) is 17.4 Å². The largest absolute Gasteiger partial charge is 0.355 e. The molecule has 1 heterocycles. The molecule has 0 aliphatic heterocycles. The maximum Gasteiger partial charge on any atom is 0.189 e. The lowest BCUT2D eigenvalue weighted by Crippen LogP contribution is -2.05. The number of nitrogens with one attached hydrogen (secondary N) is 1. The van der Waals surface area contributed by atoms with Gasteiger partial charge in [-0.15, -0.1) is 0 Å². The average Bonchev–Trinajstić information content (AvgIpc) is 2.20. The van der Waals surface area contributed by atoms with Crippen molar-refractivity contribution in [2.45, 2.75) is 6.42 Å². The van der Waals surface area contributed by atoms with Gasteiger partial charge < -0.3 is 4.98 Å². The summed E-state index contributed by atoms with van der Waals surface area (Å²) in [4.78, 5) is 14.3. The maximum absolute atomic E-state index is 13.3. The number of aromatic nitrogens is 1. The van der Waals surface area contributed by atoms with Crippen LogP contribution in [0.3, 0.4) is 0 Å². The van der Waals surface area contributed by atoms with Crippen molar-refractivity contribution in [2.24, 2.45) is 0 Å². The van der Waals surface area contributed by atoms with Gasteiger partial charge in [-0.3, -0.25) is 4.79 Å². The highest BCUT2D eigenvalue weighted by Crippen LogP contribution is 2.12. The molecule has 74 valence electrons. The second-order valence-electron chi connectivity index (χ2n) is 3.16. The lowest BCUT2D eigenvalue weighted by molar-refractivity contribution is 0.636. The first-order valence-electron chi connectivity index (χ1n) is 4.40. The first kappa shape index (κ1) is 9.41. The summed E-state index contributed by atoms with van der Waals surface area (Å²) >= 11 is 0. The summed E-state index contributed by atoms with van der Waals surface area (Å²) in [5.74, 6) is -0.482. The molecule has 2 rings (SSSR count). The van der Waals surface area contributed by atoms with Gasteiger partial charge in [-0.05, 0) is 12.1 Å². The van der Waals surface area contributed by atoms with Gasteiger partial charge in [0.1, 0.15) is 5.82 Å². The number of hydrogen-bond acceptors (Lipinski definition) is 2. The van der Waals surface area contributed by atoms with Crippen LogP contribution < -0.4 is 5.43 Å². The van der Waals surface area contributed by atoms with Crippen LogP contribution in [0.15, 0.2) is 29.1 Å². The molecule has 0 saturated carbocycles. The molecule has 0 atom stereocenters. The molecule has 0 unspecified atom stereocenters. The fourth-order valence-corrected chi connectivity index (χ4v) is 1.47. The van der Waals surface area contributed by atoms with E-state index in [4.69, 9.17) is 5.26 Å². The van der Waals surface area contributed by atoms with Crippen LogP contribution >= 0.6 is 0 Å². The van der Waals surface area contributed by atoms with Crippen molar-refractivity contribution in [3.05, 3.63) is 46.0 Å². The van der Waals surface area contributed by atoms with Crippen LogP contribution in [0.25, 0.3) is 10.9 Å². The number of rotatable bonds is 1. The van der Waals surface area contributed by atoms with Crippen LogP contribution in [0.4, 0.5) is 4.39 Å². The molecule has 0 spiro atoms. The maximum atomic E-state index is 13.3. The molecule has 3 nitrogen and oxygen atoms in total. The van der Waals surface area contributed by atoms with Gasteiger partial charge in [0, 0.05) is 17.1 Å². The van der Waals surface area contributed by atoms with Gasteiger partial charge in [0.25, 0.3) is 0 Å². The number of aromatic amines is 1.